The number of hydrogen-bond acceptors (Lipinski definition) is 4. The highest BCUT2D eigenvalue weighted by atomic mass is 16.5. The van der Waals surface area contributed by atoms with Gasteiger partial charge in [-0.2, -0.15) is 0 Å². The Labute approximate surface area is 195 Å². The van der Waals surface area contributed by atoms with Gasteiger partial charge in [-0.3, -0.25) is 14.6 Å². The van der Waals surface area contributed by atoms with E-state index >= 15 is 0 Å². The van der Waals surface area contributed by atoms with Gasteiger partial charge in [0, 0.05) is 43.4 Å². The summed E-state index contributed by atoms with van der Waals surface area (Å²) in [5.74, 6) is 1.01. The van der Waals surface area contributed by atoms with Gasteiger partial charge >= 0.3 is 0 Å². The second kappa shape index (κ2) is 8.47. The minimum atomic E-state index is -0.0353. The first-order valence-corrected chi connectivity index (χ1v) is 12.1. The number of piperidine rings is 1. The molecule has 4 atom stereocenters. The molecule has 0 radical (unpaired) electrons. The van der Waals surface area contributed by atoms with Crippen LogP contribution in [0.25, 0.3) is 0 Å². The van der Waals surface area contributed by atoms with Gasteiger partial charge in [0.1, 0.15) is 5.75 Å². The standard InChI is InChI=1S/C27H33N3O3/c1-18(31)30-22-14-27(2)24(9-4-5-10-25(27)30)29(17-22)26(32)21-12-20(15-28-16-21)11-19-7-6-8-23(13-19)33-3/h6-8,12-13,15-16,22,24-25H,4-5,9-11,14,17H2,1-3H3/t22-,24+,25-,27+/m0/s1. The molecule has 2 saturated heterocycles. The Balaban J connectivity index is 1.42. The van der Waals surface area contributed by atoms with Crippen LogP contribution in [0.3, 0.4) is 0 Å². The summed E-state index contributed by atoms with van der Waals surface area (Å²) in [7, 11) is 1.66. The molecule has 6 nitrogen and oxygen atoms in total. The molecule has 33 heavy (non-hydrogen) atoms. The molecule has 3 aliphatic rings. The molecule has 2 bridgehead atoms. The normalized spacial score (nSPS) is 28.4. The zero-order valence-electron chi connectivity index (χ0n) is 19.8. The number of likely N-dealkylation sites (tertiary alicyclic amines) is 2. The van der Waals surface area contributed by atoms with Crippen LogP contribution in [0, 0.1) is 5.41 Å². The summed E-state index contributed by atoms with van der Waals surface area (Å²) in [4.78, 5) is 35.0. The van der Waals surface area contributed by atoms with Gasteiger partial charge in [0.2, 0.25) is 5.91 Å². The molecule has 0 spiro atoms. The fraction of sp³-hybridized carbons (Fsp3) is 0.519. The van der Waals surface area contributed by atoms with Crippen molar-refractivity contribution in [2.75, 3.05) is 13.7 Å². The third-order valence-corrected chi connectivity index (χ3v) is 8.12. The van der Waals surface area contributed by atoms with Crippen molar-refractivity contribution in [1.82, 2.24) is 14.8 Å². The number of benzene rings is 1. The summed E-state index contributed by atoms with van der Waals surface area (Å²) in [5, 5.41) is 0. The van der Waals surface area contributed by atoms with Crippen LogP contribution < -0.4 is 4.74 Å². The molecule has 6 heteroatoms. The van der Waals surface area contributed by atoms with Crippen LogP contribution >= 0.6 is 0 Å². The lowest BCUT2D eigenvalue weighted by atomic mass is 9.71. The number of rotatable bonds is 4. The Morgan fingerprint density at radius 3 is 2.67 bits per heavy atom. The van der Waals surface area contributed by atoms with E-state index in [4.69, 9.17) is 4.74 Å². The molecule has 1 saturated carbocycles. The van der Waals surface area contributed by atoms with Crippen molar-refractivity contribution in [3.63, 3.8) is 0 Å². The van der Waals surface area contributed by atoms with Crippen molar-refractivity contribution >= 4 is 11.8 Å². The van der Waals surface area contributed by atoms with Crippen molar-refractivity contribution in [2.24, 2.45) is 5.41 Å². The first kappa shape index (κ1) is 21.9. The zero-order valence-corrected chi connectivity index (χ0v) is 19.8. The molecular weight excluding hydrogens is 414 g/mol. The number of ether oxygens (including phenoxy) is 1. The Morgan fingerprint density at radius 2 is 1.91 bits per heavy atom. The Kier molecular flexibility index (Phi) is 5.63. The van der Waals surface area contributed by atoms with Crippen LogP contribution in [0.15, 0.2) is 42.7 Å². The van der Waals surface area contributed by atoms with Crippen molar-refractivity contribution in [3.05, 3.63) is 59.4 Å². The van der Waals surface area contributed by atoms with Gasteiger partial charge in [-0.25, -0.2) is 0 Å². The maximum Gasteiger partial charge on any atom is 0.255 e. The van der Waals surface area contributed by atoms with Gasteiger partial charge in [0.25, 0.3) is 5.91 Å². The second-order valence-electron chi connectivity index (χ2n) is 10.2. The minimum absolute atomic E-state index is 0.0353. The maximum atomic E-state index is 13.8. The SMILES string of the molecule is COc1cccc(Cc2cncc(C(=O)N3C[C@@H]4C[C@@]5(C)[C@H](CCCC[C@@H]35)N4C(C)=O)c2)c1. The average Bonchev–Trinajstić information content (AvgIpc) is 2.92. The Bertz CT molecular complexity index is 1070. The average molecular weight is 448 g/mol. The smallest absolute Gasteiger partial charge is 0.255 e. The fourth-order valence-corrected chi connectivity index (χ4v) is 6.75. The van der Waals surface area contributed by atoms with Crippen LogP contribution in [0.2, 0.25) is 0 Å². The number of fused-ring (bicyclic) bond motifs is 1. The zero-order chi connectivity index (χ0) is 23.2. The van der Waals surface area contributed by atoms with Crippen LogP contribution in [0.5, 0.6) is 5.75 Å². The number of carbonyl (C=O) groups is 2. The second-order valence-corrected chi connectivity index (χ2v) is 10.2. The monoisotopic (exact) mass is 447 g/mol. The van der Waals surface area contributed by atoms with Crippen molar-refractivity contribution in [1.29, 1.82) is 0 Å². The molecule has 1 aliphatic carbocycles. The molecule has 174 valence electrons. The Morgan fingerprint density at radius 1 is 1.12 bits per heavy atom. The van der Waals surface area contributed by atoms with Gasteiger partial charge in [-0.15, -0.1) is 0 Å². The summed E-state index contributed by atoms with van der Waals surface area (Å²) in [5.41, 5.74) is 2.72. The quantitative estimate of drug-likeness (QED) is 0.709. The van der Waals surface area contributed by atoms with Crippen LogP contribution in [-0.4, -0.2) is 58.4 Å². The van der Waals surface area contributed by atoms with Gasteiger partial charge in [-0.05, 0) is 55.0 Å². The molecule has 2 aromatic rings. The molecule has 3 fully saturated rings. The van der Waals surface area contributed by atoms with Gasteiger partial charge in [0.05, 0.1) is 18.7 Å². The molecule has 2 amide bonds. The number of methoxy groups -OCH3 is 1. The third-order valence-electron chi connectivity index (χ3n) is 8.12. The van der Waals surface area contributed by atoms with E-state index in [2.05, 4.69) is 27.8 Å². The first-order valence-electron chi connectivity index (χ1n) is 12.1. The van der Waals surface area contributed by atoms with Gasteiger partial charge < -0.3 is 14.5 Å². The predicted octanol–water partition coefficient (Wildman–Crippen LogP) is 4.08. The largest absolute Gasteiger partial charge is 0.497 e. The number of amides is 2. The number of nitrogens with zero attached hydrogens (tertiary/aromatic N) is 3. The van der Waals surface area contributed by atoms with Gasteiger partial charge in [0.15, 0.2) is 0 Å². The molecule has 5 rings (SSSR count). The van der Waals surface area contributed by atoms with Gasteiger partial charge in [-0.1, -0.05) is 31.9 Å². The van der Waals surface area contributed by atoms with Crippen LogP contribution in [-0.2, 0) is 11.2 Å². The fourth-order valence-electron chi connectivity index (χ4n) is 6.75. The van der Waals surface area contributed by atoms with E-state index in [1.165, 1.54) is 0 Å². The van der Waals surface area contributed by atoms with Crippen molar-refractivity contribution in [2.45, 2.75) is 70.5 Å². The summed E-state index contributed by atoms with van der Waals surface area (Å²) in [6.07, 6.45) is 9.48. The molecule has 0 N–H and O–H groups in total. The predicted molar refractivity (Wildman–Crippen MR) is 126 cm³/mol. The number of hydrogen-bond donors (Lipinski definition) is 0. The van der Waals surface area contributed by atoms with E-state index in [1.54, 1.807) is 20.2 Å². The van der Waals surface area contributed by atoms with E-state index in [1.807, 2.05) is 30.5 Å². The number of aromatic nitrogens is 1. The summed E-state index contributed by atoms with van der Waals surface area (Å²) < 4.78 is 5.34. The molecule has 1 aromatic heterocycles. The highest BCUT2D eigenvalue weighted by Crippen LogP contribution is 2.53. The van der Waals surface area contributed by atoms with E-state index < -0.39 is 0 Å². The summed E-state index contributed by atoms with van der Waals surface area (Å²) in [6.45, 7) is 4.61. The minimum Gasteiger partial charge on any atom is -0.497 e. The highest BCUT2D eigenvalue weighted by Gasteiger charge is 2.60. The van der Waals surface area contributed by atoms with E-state index in [0.717, 1.165) is 49.0 Å². The topological polar surface area (TPSA) is 62.7 Å². The highest BCUT2D eigenvalue weighted by molar-refractivity contribution is 5.94. The molecule has 2 aliphatic heterocycles. The molecular formula is C27H33N3O3. The first-order chi connectivity index (χ1) is 15.9. The summed E-state index contributed by atoms with van der Waals surface area (Å²) >= 11 is 0. The van der Waals surface area contributed by atoms with Crippen LogP contribution in [0.1, 0.15) is 67.4 Å². The Hall–Kier alpha value is -2.89. The van der Waals surface area contributed by atoms with Crippen LogP contribution in [0.4, 0.5) is 0 Å². The van der Waals surface area contributed by atoms with E-state index in [9.17, 15) is 9.59 Å². The number of pyridine rings is 1. The lowest BCUT2D eigenvalue weighted by molar-refractivity contribution is -0.132. The summed E-state index contributed by atoms with van der Waals surface area (Å²) in [6, 6.07) is 10.5. The third kappa shape index (κ3) is 3.79. The van der Waals surface area contributed by atoms with Crippen molar-refractivity contribution in [3.8, 4) is 5.75 Å². The lowest BCUT2D eigenvalue weighted by Gasteiger charge is -2.46. The maximum absolute atomic E-state index is 13.8. The molecule has 0 unspecified atom stereocenters. The van der Waals surface area contributed by atoms with E-state index in [0.29, 0.717) is 18.5 Å². The van der Waals surface area contributed by atoms with Crippen molar-refractivity contribution < 1.29 is 14.3 Å². The molecule has 3 heterocycles. The molecule has 1 aromatic carbocycles. The lowest BCUT2D eigenvalue weighted by Crippen LogP contribution is -2.55. The van der Waals surface area contributed by atoms with E-state index in [-0.39, 0.29) is 35.4 Å². The number of carbonyl (C=O) groups excluding carboxylic acids is 2.